The number of piperidine rings is 1. The highest BCUT2D eigenvalue weighted by molar-refractivity contribution is 5.18. The zero-order valence-corrected chi connectivity index (χ0v) is 13.1. The Balaban J connectivity index is 2.36. The Hall–Kier alpha value is -0.800. The van der Waals surface area contributed by atoms with Crippen molar-refractivity contribution < 1.29 is 4.74 Å². The first-order chi connectivity index (χ1) is 9.06. The van der Waals surface area contributed by atoms with Gasteiger partial charge in [0.15, 0.2) is 0 Å². The van der Waals surface area contributed by atoms with Crippen LogP contribution in [0.3, 0.4) is 0 Å². The Labute approximate surface area is 118 Å². The van der Waals surface area contributed by atoms with Gasteiger partial charge in [-0.25, -0.2) is 0 Å². The smallest absolute Gasteiger partial charge is 0.0931 e. The lowest BCUT2D eigenvalue weighted by atomic mass is 10.0. The van der Waals surface area contributed by atoms with Crippen molar-refractivity contribution in [2.75, 3.05) is 39.8 Å². The first kappa shape index (κ1) is 16.3. The summed E-state index contributed by atoms with van der Waals surface area (Å²) in [5.74, 6) is 0.960. The Bertz CT molecular complexity index is 304. The molecule has 0 saturated carbocycles. The molecule has 0 aromatic carbocycles. The number of allylic oxidation sites excluding steroid dienone is 1. The predicted octanol–water partition coefficient (Wildman–Crippen LogP) is 2.90. The van der Waals surface area contributed by atoms with Crippen LogP contribution in [-0.2, 0) is 4.74 Å². The minimum Gasteiger partial charge on any atom is -0.499 e. The van der Waals surface area contributed by atoms with Crippen LogP contribution in [0.1, 0.15) is 33.6 Å². The molecule has 0 amide bonds. The maximum Gasteiger partial charge on any atom is 0.0931 e. The molecule has 3 nitrogen and oxygen atoms in total. The summed E-state index contributed by atoms with van der Waals surface area (Å²) in [5.41, 5.74) is 1.13. The summed E-state index contributed by atoms with van der Waals surface area (Å²) < 4.78 is 5.44. The molecule has 110 valence electrons. The lowest BCUT2D eigenvalue weighted by Crippen LogP contribution is -2.43. The molecular weight excluding hydrogens is 236 g/mol. The topological polar surface area (TPSA) is 15.7 Å². The molecule has 0 atom stereocenters. The average molecular weight is 266 g/mol. The summed E-state index contributed by atoms with van der Waals surface area (Å²) in [4.78, 5) is 4.96. The van der Waals surface area contributed by atoms with E-state index in [2.05, 4.69) is 36.4 Å². The van der Waals surface area contributed by atoms with Gasteiger partial charge in [0.1, 0.15) is 0 Å². The first-order valence-corrected chi connectivity index (χ1v) is 7.48. The maximum absolute atomic E-state index is 5.44. The van der Waals surface area contributed by atoms with Gasteiger partial charge in [-0.2, -0.15) is 0 Å². The predicted molar refractivity (Wildman–Crippen MR) is 82.3 cm³/mol. The van der Waals surface area contributed by atoms with E-state index in [0.717, 1.165) is 24.5 Å². The fourth-order valence-electron chi connectivity index (χ4n) is 2.73. The van der Waals surface area contributed by atoms with Gasteiger partial charge < -0.3 is 9.64 Å². The van der Waals surface area contributed by atoms with E-state index in [9.17, 15) is 0 Å². The van der Waals surface area contributed by atoms with E-state index in [4.69, 9.17) is 4.74 Å². The van der Waals surface area contributed by atoms with Crippen molar-refractivity contribution in [2.45, 2.75) is 39.7 Å². The second-order valence-corrected chi connectivity index (χ2v) is 5.43. The average Bonchev–Trinajstić information content (AvgIpc) is 2.38. The van der Waals surface area contributed by atoms with Crippen molar-refractivity contribution in [3.63, 3.8) is 0 Å². The number of ether oxygens (including phenoxy) is 1. The molecule has 1 aliphatic rings. The number of hydrogen-bond donors (Lipinski definition) is 0. The van der Waals surface area contributed by atoms with Crippen LogP contribution in [0.25, 0.3) is 0 Å². The molecule has 0 spiro atoms. The monoisotopic (exact) mass is 266 g/mol. The van der Waals surface area contributed by atoms with E-state index in [1.54, 1.807) is 0 Å². The van der Waals surface area contributed by atoms with Gasteiger partial charge in [-0.15, -0.1) is 0 Å². The van der Waals surface area contributed by atoms with Crippen LogP contribution in [0.5, 0.6) is 0 Å². The highest BCUT2D eigenvalue weighted by Gasteiger charge is 2.21. The minimum absolute atomic E-state index is 0.695. The molecule has 1 fully saturated rings. The van der Waals surface area contributed by atoms with Gasteiger partial charge in [-0.05, 0) is 65.0 Å². The summed E-state index contributed by atoms with van der Waals surface area (Å²) >= 11 is 0. The van der Waals surface area contributed by atoms with Crippen LogP contribution in [-0.4, -0.2) is 55.7 Å². The molecule has 0 aromatic heterocycles. The third-order valence-corrected chi connectivity index (χ3v) is 3.86. The Morgan fingerprint density at radius 1 is 1.37 bits per heavy atom. The fraction of sp³-hybridized carbons (Fsp3) is 0.750. The van der Waals surface area contributed by atoms with E-state index in [-0.39, 0.29) is 0 Å². The van der Waals surface area contributed by atoms with Crippen LogP contribution in [0, 0.1) is 0 Å². The Morgan fingerprint density at radius 2 is 2.00 bits per heavy atom. The van der Waals surface area contributed by atoms with Crippen LogP contribution >= 0.6 is 0 Å². The number of hydrogen-bond acceptors (Lipinski definition) is 3. The highest BCUT2D eigenvalue weighted by atomic mass is 16.5. The van der Waals surface area contributed by atoms with Crippen LogP contribution in [0.2, 0.25) is 0 Å². The minimum atomic E-state index is 0.695. The van der Waals surface area contributed by atoms with Gasteiger partial charge in [-0.1, -0.05) is 13.5 Å². The molecule has 0 unspecified atom stereocenters. The Morgan fingerprint density at radius 3 is 2.53 bits per heavy atom. The molecule has 19 heavy (non-hydrogen) atoms. The molecular formula is C16H30N2O. The summed E-state index contributed by atoms with van der Waals surface area (Å²) in [6, 6.07) is 0.695. The van der Waals surface area contributed by atoms with Crippen molar-refractivity contribution in [1.29, 1.82) is 0 Å². The van der Waals surface area contributed by atoms with Gasteiger partial charge in [0.05, 0.1) is 12.4 Å². The molecule has 0 aromatic rings. The molecule has 0 radical (unpaired) electrons. The zero-order chi connectivity index (χ0) is 14.3. The van der Waals surface area contributed by atoms with Crippen LogP contribution in [0.4, 0.5) is 0 Å². The molecule has 1 rings (SSSR count). The van der Waals surface area contributed by atoms with Crippen LogP contribution in [0.15, 0.2) is 24.0 Å². The fourth-order valence-corrected chi connectivity index (χ4v) is 2.73. The van der Waals surface area contributed by atoms with E-state index < -0.39 is 0 Å². The van der Waals surface area contributed by atoms with Gasteiger partial charge in [0.25, 0.3) is 0 Å². The largest absolute Gasteiger partial charge is 0.499 e. The van der Waals surface area contributed by atoms with E-state index >= 15 is 0 Å². The van der Waals surface area contributed by atoms with Crippen molar-refractivity contribution in [1.82, 2.24) is 9.80 Å². The molecule has 1 aliphatic heterocycles. The third-order valence-electron chi connectivity index (χ3n) is 3.86. The summed E-state index contributed by atoms with van der Waals surface area (Å²) in [6.07, 6.45) is 4.60. The molecule has 3 heteroatoms. The molecule has 1 heterocycles. The van der Waals surface area contributed by atoms with Crippen LogP contribution < -0.4 is 0 Å². The second kappa shape index (κ2) is 8.39. The lowest BCUT2D eigenvalue weighted by molar-refractivity contribution is 0.139. The van der Waals surface area contributed by atoms with E-state index in [1.165, 1.54) is 32.5 Å². The standard InChI is InChI=1S/C16H30N2O/c1-6-18-10-8-16(9-11-18)17(5)13-14(3)12-15(4)19-7-2/h12,16H,3,6-11,13H2,1-2,4-5H3/b15-12+. The van der Waals surface area contributed by atoms with E-state index in [1.807, 2.05) is 13.8 Å². The molecule has 0 bridgehead atoms. The Kier molecular flexibility index (Phi) is 7.17. The van der Waals surface area contributed by atoms with Gasteiger partial charge in [-0.3, -0.25) is 4.90 Å². The van der Waals surface area contributed by atoms with Crippen molar-refractivity contribution >= 4 is 0 Å². The molecule has 0 N–H and O–H groups in total. The van der Waals surface area contributed by atoms with Gasteiger partial charge in [0, 0.05) is 12.6 Å². The van der Waals surface area contributed by atoms with Crippen molar-refractivity contribution in [3.05, 3.63) is 24.0 Å². The summed E-state index contributed by atoms with van der Waals surface area (Å²) in [6.45, 7) is 15.7. The maximum atomic E-state index is 5.44. The van der Waals surface area contributed by atoms with Gasteiger partial charge in [0.2, 0.25) is 0 Å². The van der Waals surface area contributed by atoms with Crippen molar-refractivity contribution in [3.8, 4) is 0 Å². The van der Waals surface area contributed by atoms with E-state index in [0.29, 0.717) is 6.04 Å². The number of likely N-dealkylation sites (N-methyl/N-ethyl adjacent to an activating group) is 1. The zero-order valence-electron chi connectivity index (χ0n) is 13.1. The third kappa shape index (κ3) is 5.79. The van der Waals surface area contributed by atoms with Crippen molar-refractivity contribution in [2.24, 2.45) is 0 Å². The number of likely N-dealkylation sites (tertiary alicyclic amines) is 1. The molecule has 1 saturated heterocycles. The number of rotatable bonds is 7. The molecule has 0 aliphatic carbocycles. The normalized spacial score (nSPS) is 18.9. The first-order valence-electron chi connectivity index (χ1n) is 7.48. The summed E-state index contributed by atoms with van der Waals surface area (Å²) in [7, 11) is 2.21. The second-order valence-electron chi connectivity index (χ2n) is 5.43. The quantitative estimate of drug-likeness (QED) is 0.520. The SMILES string of the molecule is C=C(/C=C(\C)OCC)CN(C)C1CCN(CC)CC1. The highest BCUT2D eigenvalue weighted by Crippen LogP contribution is 2.16. The number of nitrogens with zero attached hydrogens (tertiary/aromatic N) is 2. The lowest BCUT2D eigenvalue weighted by Gasteiger charge is -2.36. The summed E-state index contributed by atoms with van der Waals surface area (Å²) in [5, 5.41) is 0. The van der Waals surface area contributed by atoms with Gasteiger partial charge >= 0.3 is 0 Å².